The molecule has 0 bridgehead atoms. The second kappa shape index (κ2) is 11.4. The summed E-state index contributed by atoms with van der Waals surface area (Å²) in [4.78, 5) is 22.5. The first kappa shape index (κ1) is 27.6. The lowest BCUT2D eigenvalue weighted by atomic mass is 9.90. The third-order valence-electron chi connectivity index (χ3n) is 8.18. The van der Waals surface area contributed by atoms with Gasteiger partial charge < -0.3 is 19.5 Å². The highest BCUT2D eigenvalue weighted by molar-refractivity contribution is 5.83. The largest absolute Gasteiger partial charge is 0.381 e. The lowest BCUT2D eigenvalue weighted by molar-refractivity contribution is -0.0824. The number of ether oxygens (including phenoxy) is 1. The van der Waals surface area contributed by atoms with Gasteiger partial charge in [0.05, 0.1) is 24.9 Å². The van der Waals surface area contributed by atoms with Gasteiger partial charge in [0.1, 0.15) is 22.9 Å². The molecule has 11 heteroatoms. The van der Waals surface area contributed by atoms with Gasteiger partial charge >= 0.3 is 0 Å². The average molecular weight is 563 g/mol. The van der Waals surface area contributed by atoms with Gasteiger partial charge in [0.15, 0.2) is 11.6 Å². The number of aromatic nitrogens is 5. The molecule has 9 nitrogen and oxygen atoms in total. The summed E-state index contributed by atoms with van der Waals surface area (Å²) in [5.41, 5.74) is 2.33. The van der Waals surface area contributed by atoms with Crippen molar-refractivity contribution in [3.8, 4) is 11.3 Å². The summed E-state index contributed by atoms with van der Waals surface area (Å²) in [6.45, 7) is 14.8. The highest BCUT2D eigenvalue weighted by Crippen LogP contribution is 2.35. The molecule has 2 fully saturated rings. The molecule has 1 atom stereocenters. The molecule has 0 saturated carbocycles. The van der Waals surface area contributed by atoms with E-state index < -0.39 is 11.6 Å². The first-order valence-electron chi connectivity index (χ1n) is 14.3. The molecule has 3 aromatic heterocycles. The van der Waals surface area contributed by atoms with Crippen molar-refractivity contribution in [2.75, 3.05) is 51.3 Å². The van der Waals surface area contributed by atoms with E-state index in [2.05, 4.69) is 48.0 Å². The number of halogens is 2. The van der Waals surface area contributed by atoms with Crippen LogP contribution in [-0.2, 0) is 4.74 Å². The number of nitrogens with zero attached hydrogens (tertiary/aromatic N) is 7. The normalized spacial score (nSPS) is 17.7. The lowest BCUT2D eigenvalue weighted by Crippen LogP contribution is -2.51. The van der Waals surface area contributed by atoms with Gasteiger partial charge in [-0.25, -0.2) is 28.7 Å². The predicted molar refractivity (Wildman–Crippen MR) is 154 cm³/mol. The van der Waals surface area contributed by atoms with Crippen molar-refractivity contribution in [1.29, 1.82) is 0 Å². The summed E-state index contributed by atoms with van der Waals surface area (Å²) in [7, 11) is 0. The van der Waals surface area contributed by atoms with E-state index in [1.807, 2.05) is 37.6 Å². The molecule has 2 aliphatic heterocycles. The Bertz CT molecular complexity index is 1530. The zero-order chi connectivity index (χ0) is 28.7. The van der Waals surface area contributed by atoms with Gasteiger partial charge in [-0.05, 0) is 51.1 Å². The van der Waals surface area contributed by atoms with Crippen molar-refractivity contribution in [2.45, 2.75) is 39.8 Å². The van der Waals surface area contributed by atoms with Crippen molar-refractivity contribution in [3.05, 3.63) is 59.7 Å². The van der Waals surface area contributed by atoms with E-state index in [1.54, 1.807) is 6.07 Å². The maximum Gasteiger partial charge on any atom is 0.229 e. The number of likely N-dealkylation sites (N-methyl/N-ethyl adjacent to an activating group) is 1. The second-order valence-electron chi connectivity index (χ2n) is 11.2. The Balaban J connectivity index is 1.24. The molecule has 5 heterocycles. The first-order chi connectivity index (χ1) is 19.8. The number of fused-ring (bicyclic) bond motifs is 1. The van der Waals surface area contributed by atoms with Gasteiger partial charge in [-0.3, -0.25) is 4.90 Å². The summed E-state index contributed by atoms with van der Waals surface area (Å²) in [6.07, 6.45) is 2.98. The van der Waals surface area contributed by atoms with E-state index >= 15 is 4.39 Å². The van der Waals surface area contributed by atoms with E-state index in [1.165, 1.54) is 6.07 Å². The van der Waals surface area contributed by atoms with Crippen molar-refractivity contribution < 1.29 is 13.5 Å². The average Bonchev–Trinajstić information content (AvgIpc) is 3.29. The number of aryl methyl sites for hydroxylation is 1. The summed E-state index contributed by atoms with van der Waals surface area (Å²) < 4.78 is 37.5. The van der Waals surface area contributed by atoms with Gasteiger partial charge in [0.25, 0.3) is 0 Å². The molecule has 4 aromatic rings. The molecule has 0 unspecified atom stereocenters. The number of hydrogen-bond acceptors (Lipinski definition) is 8. The number of benzene rings is 1. The third kappa shape index (κ3) is 5.41. The maximum atomic E-state index is 15.0. The Kier molecular flexibility index (Phi) is 7.67. The number of rotatable bonds is 8. The molecule has 0 amide bonds. The lowest BCUT2D eigenvalue weighted by Gasteiger charge is -2.44. The predicted octanol–water partition coefficient (Wildman–Crippen LogP) is 5.12. The van der Waals surface area contributed by atoms with Crippen LogP contribution in [-0.4, -0.2) is 80.2 Å². The number of pyridine rings is 1. The van der Waals surface area contributed by atoms with Crippen LogP contribution in [0.15, 0.2) is 36.7 Å². The van der Waals surface area contributed by atoms with Gasteiger partial charge in [-0.2, -0.15) is 0 Å². The highest BCUT2D eigenvalue weighted by Gasteiger charge is 2.35. The molecule has 2 aliphatic rings. The van der Waals surface area contributed by atoms with E-state index in [0.717, 1.165) is 57.7 Å². The fourth-order valence-corrected chi connectivity index (χ4v) is 6.03. The van der Waals surface area contributed by atoms with E-state index in [0.29, 0.717) is 28.6 Å². The van der Waals surface area contributed by atoms with E-state index in [-0.39, 0.29) is 29.2 Å². The second-order valence-corrected chi connectivity index (χ2v) is 11.2. The maximum absolute atomic E-state index is 15.0. The molecule has 0 aliphatic carbocycles. The molecule has 0 radical (unpaired) electrons. The van der Waals surface area contributed by atoms with Gasteiger partial charge in [-0.1, -0.05) is 13.0 Å². The zero-order valence-corrected chi connectivity index (χ0v) is 23.9. The Morgan fingerprint density at radius 1 is 1.00 bits per heavy atom. The first-order valence-corrected chi connectivity index (χ1v) is 14.3. The minimum atomic E-state index is -0.640. The summed E-state index contributed by atoms with van der Waals surface area (Å²) in [5.74, 6) is 0.698. The summed E-state index contributed by atoms with van der Waals surface area (Å²) in [6, 6.07) is 7.29. The number of piperazine rings is 1. The van der Waals surface area contributed by atoms with Crippen molar-refractivity contribution in [2.24, 2.45) is 5.92 Å². The summed E-state index contributed by atoms with van der Waals surface area (Å²) >= 11 is 0. The Morgan fingerprint density at radius 2 is 1.78 bits per heavy atom. The van der Waals surface area contributed by atoms with Crippen LogP contribution in [0.1, 0.15) is 44.2 Å². The van der Waals surface area contributed by atoms with Gasteiger partial charge in [0, 0.05) is 55.9 Å². The Morgan fingerprint density at radius 3 is 2.41 bits per heavy atom. The summed E-state index contributed by atoms with van der Waals surface area (Å²) in [5, 5.41) is 3.09. The van der Waals surface area contributed by atoms with E-state index in [9.17, 15) is 4.39 Å². The molecular formula is C30H36F2N8O. The minimum Gasteiger partial charge on any atom is -0.381 e. The van der Waals surface area contributed by atoms with Crippen LogP contribution in [0.2, 0.25) is 0 Å². The fraction of sp³-hybridized carbons (Fsp3) is 0.467. The van der Waals surface area contributed by atoms with Crippen LogP contribution >= 0.6 is 0 Å². The molecular weight excluding hydrogens is 526 g/mol. The highest BCUT2D eigenvalue weighted by atomic mass is 19.1. The zero-order valence-electron chi connectivity index (χ0n) is 23.9. The van der Waals surface area contributed by atoms with Crippen LogP contribution in [0.3, 0.4) is 0 Å². The van der Waals surface area contributed by atoms with Crippen LogP contribution in [0, 0.1) is 24.5 Å². The Labute approximate surface area is 238 Å². The Hall–Kier alpha value is -3.54. The number of anilines is 2. The van der Waals surface area contributed by atoms with Gasteiger partial charge in [0.2, 0.25) is 5.95 Å². The molecule has 216 valence electrons. The third-order valence-corrected chi connectivity index (χ3v) is 8.18. The van der Waals surface area contributed by atoms with E-state index in [4.69, 9.17) is 4.74 Å². The van der Waals surface area contributed by atoms with Crippen LogP contribution < -0.4 is 5.32 Å². The molecule has 2 saturated heterocycles. The topological polar surface area (TPSA) is 84.2 Å². The molecule has 1 N–H and O–H groups in total. The minimum absolute atomic E-state index is 0.00495. The number of hydrogen-bond donors (Lipinski definition) is 1. The number of nitrogens with one attached hydrogen (secondary N) is 1. The molecule has 41 heavy (non-hydrogen) atoms. The van der Waals surface area contributed by atoms with Crippen molar-refractivity contribution >= 4 is 22.8 Å². The van der Waals surface area contributed by atoms with Crippen LogP contribution in [0.4, 0.5) is 20.5 Å². The molecule has 6 rings (SSSR count). The van der Waals surface area contributed by atoms with Crippen LogP contribution in [0.5, 0.6) is 0 Å². The molecule has 0 spiro atoms. The quantitative estimate of drug-likeness (QED) is 0.317. The van der Waals surface area contributed by atoms with Crippen LogP contribution in [0.25, 0.3) is 22.3 Å². The van der Waals surface area contributed by atoms with Crippen molar-refractivity contribution in [3.63, 3.8) is 0 Å². The monoisotopic (exact) mass is 562 g/mol. The molecule has 1 aromatic carbocycles. The van der Waals surface area contributed by atoms with Gasteiger partial charge in [-0.15, -0.1) is 0 Å². The SMILES string of the molecule is CCN1CCN([C@@H](c2ccc(Nc3ncc(F)c(-c4cc(F)c5nc(C)n(C(C)C)c5c4)n3)nc2)C2COC2)CC1. The fourth-order valence-electron chi connectivity index (χ4n) is 6.03. The standard InChI is InChI=1S/C30H36F2N8O/c1-5-38-8-10-39(11-9-38)29(22-16-41-17-22)20-6-7-26(33-14-20)36-30-34-15-24(32)27(37-30)21-12-23(31)28-25(13-21)40(18(2)3)19(4)35-28/h6-7,12-15,18,22,29H,5,8-11,16-17H2,1-4H3,(H,33,34,36,37)/t29-/m0/s1. The van der Waals surface area contributed by atoms with Crippen molar-refractivity contribution in [1.82, 2.24) is 34.3 Å². The smallest absolute Gasteiger partial charge is 0.229 e. The number of imidazole rings is 1.